The third-order valence-corrected chi connectivity index (χ3v) is 7.46. The predicted molar refractivity (Wildman–Crippen MR) is 123 cm³/mol. The van der Waals surface area contributed by atoms with Crippen LogP contribution in [0.1, 0.15) is 50.7 Å². The highest BCUT2D eigenvalue weighted by Gasteiger charge is 2.49. The number of rotatable bonds is 5. The molecule has 0 spiro atoms. The van der Waals surface area contributed by atoms with E-state index >= 15 is 0 Å². The average Bonchev–Trinajstić information content (AvgIpc) is 3.00. The van der Waals surface area contributed by atoms with Gasteiger partial charge in [0.05, 0.1) is 0 Å². The number of imide groups is 1. The molecular weight excluding hydrogens is 404 g/mol. The molecule has 4 amide bonds. The number of carbonyl (C=O) groups excluding carboxylic acids is 3. The van der Waals surface area contributed by atoms with Crippen LogP contribution in [0.15, 0.2) is 24.3 Å². The first-order valence-electron chi connectivity index (χ1n) is 12.0. The van der Waals surface area contributed by atoms with Gasteiger partial charge in [-0.2, -0.15) is 0 Å². The zero-order chi connectivity index (χ0) is 22.9. The zero-order valence-electron chi connectivity index (χ0n) is 19.6. The Bertz CT molecular complexity index is 862. The monoisotopic (exact) mass is 440 g/mol. The van der Waals surface area contributed by atoms with Crippen molar-refractivity contribution >= 4 is 17.8 Å². The number of likely N-dealkylation sites (tertiary alicyclic amines) is 2. The number of hydrogen-bond acceptors (Lipinski definition) is 4. The van der Waals surface area contributed by atoms with Gasteiger partial charge in [-0.25, -0.2) is 4.79 Å². The highest BCUT2D eigenvalue weighted by atomic mass is 16.2. The molecule has 2 unspecified atom stereocenters. The minimum Gasteiger partial charge on any atom is -0.341 e. The summed E-state index contributed by atoms with van der Waals surface area (Å²) in [6, 6.07) is 7.06. The Balaban J connectivity index is 1.36. The predicted octanol–water partition coefficient (Wildman–Crippen LogP) is 2.73. The van der Waals surface area contributed by atoms with Gasteiger partial charge in [0.25, 0.3) is 5.91 Å². The molecule has 32 heavy (non-hydrogen) atoms. The fourth-order valence-corrected chi connectivity index (χ4v) is 5.21. The van der Waals surface area contributed by atoms with E-state index in [2.05, 4.69) is 17.1 Å². The van der Waals surface area contributed by atoms with Crippen LogP contribution < -0.4 is 5.32 Å². The molecule has 0 aromatic heterocycles. The van der Waals surface area contributed by atoms with Gasteiger partial charge in [0.1, 0.15) is 12.1 Å². The average molecular weight is 441 g/mol. The van der Waals surface area contributed by atoms with Crippen molar-refractivity contribution in [2.24, 2.45) is 11.8 Å². The number of benzene rings is 1. The molecule has 0 saturated carbocycles. The summed E-state index contributed by atoms with van der Waals surface area (Å²) in [7, 11) is 0. The van der Waals surface area contributed by atoms with Crippen molar-refractivity contribution < 1.29 is 14.4 Å². The fraction of sp³-hybridized carbons (Fsp3) is 0.640. The van der Waals surface area contributed by atoms with Gasteiger partial charge < -0.3 is 15.1 Å². The number of hydrogen-bond donors (Lipinski definition) is 1. The number of urea groups is 1. The summed E-state index contributed by atoms with van der Waals surface area (Å²) in [5, 5.41) is 2.80. The van der Waals surface area contributed by atoms with Crippen LogP contribution in [0.25, 0.3) is 0 Å². The van der Waals surface area contributed by atoms with Crippen LogP contribution in [-0.4, -0.2) is 71.8 Å². The van der Waals surface area contributed by atoms with Crippen LogP contribution in [0.3, 0.4) is 0 Å². The van der Waals surface area contributed by atoms with Crippen molar-refractivity contribution in [1.29, 1.82) is 0 Å². The molecule has 3 aliphatic rings. The van der Waals surface area contributed by atoms with Gasteiger partial charge in [0.2, 0.25) is 5.91 Å². The molecule has 0 radical (unpaired) electrons. The molecule has 7 heteroatoms. The number of carbonyl (C=O) groups is 3. The van der Waals surface area contributed by atoms with Crippen LogP contribution in [0.5, 0.6) is 0 Å². The van der Waals surface area contributed by atoms with Crippen LogP contribution in [-0.2, 0) is 15.1 Å². The molecule has 3 saturated heterocycles. The van der Waals surface area contributed by atoms with E-state index in [0.29, 0.717) is 19.0 Å². The van der Waals surface area contributed by atoms with Gasteiger partial charge in [-0.3, -0.25) is 14.5 Å². The molecule has 4 rings (SSSR count). The van der Waals surface area contributed by atoms with Crippen molar-refractivity contribution in [3.05, 3.63) is 35.4 Å². The zero-order valence-corrected chi connectivity index (χ0v) is 19.6. The first kappa shape index (κ1) is 22.8. The van der Waals surface area contributed by atoms with E-state index in [9.17, 15) is 14.4 Å². The van der Waals surface area contributed by atoms with E-state index in [0.717, 1.165) is 54.4 Å². The van der Waals surface area contributed by atoms with Crippen LogP contribution >= 0.6 is 0 Å². The van der Waals surface area contributed by atoms with E-state index in [1.807, 2.05) is 36.1 Å². The summed E-state index contributed by atoms with van der Waals surface area (Å²) in [5.41, 5.74) is 0.672. The van der Waals surface area contributed by atoms with Crippen molar-refractivity contribution in [3.63, 3.8) is 0 Å². The largest absolute Gasteiger partial charge is 0.341 e. The van der Waals surface area contributed by atoms with Crippen molar-refractivity contribution in [3.8, 4) is 0 Å². The molecule has 0 bridgehead atoms. The molecule has 3 aliphatic heterocycles. The topological polar surface area (TPSA) is 73.0 Å². The lowest BCUT2D eigenvalue weighted by atomic mass is 9.91. The van der Waals surface area contributed by atoms with Gasteiger partial charge in [0.15, 0.2) is 0 Å². The number of nitrogens with one attached hydrogen (secondary N) is 1. The fourth-order valence-electron chi connectivity index (χ4n) is 5.21. The minimum absolute atomic E-state index is 0.140. The van der Waals surface area contributed by atoms with Crippen LogP contribution in [0, 0.1) is 18.8 Å². The summed E-state index contributed by atoms with van der Waals surface area (Å²) < 4.78 is 0. The molecule has 1 N–H and O–H groups in total. The summed E-state index contributed by atoms with van der Waals surface area (Å²) in [5.74, 6) is 0.766. The highest BCUT2D eigenvalue weighted by molar-refractivity contribution is 6.09. The van der Waals surface area contributed by atoms with Crippen molar-refractivity contribution in [2.45, 2.75) is 52.0 Å². The summed E-state index contributed by atoms with van der Waals surface area (Å²) in [4.78, 5) is 44.3. The molecule has 1 aromatic carbocycles. The maximum absolute atomic E-state index is 13.2. The molecular formula is C25H36N4O3. The van der Waals surface area contributed by atoms with Gasteiger partial charge in [-0.1, -0.05) is 36.8 Å². The van der Waals surface area contributed by atoms with Gasteiger partial charge in [0, 0.05) is 19.6 Å². The normalized spacial score (nSPS) is 27.7. The van der Waals surface area contributed by atoms with E-state index in [1.54, 1.807) is 6.92 Å². The molecule has 7 nitrogen and oxygen atoms in total. The van der Waals surface area contributed by atoms with E-state index < -0.39 is 11.6 Å². The Hall–Kier alpha value is -2.41. The lowest BCUT2D eigenvalue weighted by Gasteiger charge is -2.38. The standard InChI is InChI=1S/C25H36N4O3/c1-18-6-8-21(9-7-18)25(3)23(31)29(24(32)26-25)17-22(30)28-12-4-5-20(16-28)15-27-13-10-19(2)11-14-27/h6-9,19-20H,4-5,10-17H2,1-3H3,(H,26,32). The first-order valence-corrected chi connectivity index (χ1v) is 12.0. The van der Waals surface area contributed by atoms with Gasteiger partial charge in [-0.15, -0.1) is 0 Å². The molecule has 2 atom stereocenters. The Morgan fingerprint density at radius 1 is 1.09 bits per heavy atom. The quantitative estimate of drug-likeness (QED) is 0.715. The maximum atomic E-state index is 13.2. The van der Waals surface area contributed by atoms with E-state index in [1.165, 1.54) is 12.8 Å². The van der Waals surface area contributed by atoms with Gasteiger partial charge >= 0.3 is 6.03 Å². The molecule has 3 fully saturated rings. The SMILES string of the molecule is Cc1ccc(C2(C)NC(=O)N(CC(=O)N3CCCC(CN4CCC(C)CC4)C3)C2=O)cc1. The minimum atomic E-state index is -1.14. The van der Waals surface area contributed by atoms with E-state index in [4.69, 9.17) is 0 Å². The number of piperidine rings is 2. The Morgan fingerprint density at radius 3 is 2.47 bits per heavy atom. The lowest BCUT2D eigenvalue weighted by molar-refractivity contribution is -0.140. The molecule has 1 aromatic rings. The van der Waals surface area contributed by atoms with Crippen LogP contribution in [0.2, 0.25) is 0 Å². The number of nitrogens with zero attached hydrogens (tertiary/aromatic N) is 3. The Kier molecular flexibility index (Phi) is 6.56. The second-order valence-electron chi connectivity index (χ2n) is 10.1. The Morgan fingerprint density at radius 2 is 1.78 bits per heavy atom. The third-order valence-electron chi connectivity index (χ3n) is 7.46. The summed E-state index contributed by atoms with van der Waals surface area (Å²) in [6.45, 7) is 10.5. The number of amides is 4. The third kappa shape index (κ3) is 4.68. The first-order chi connectivity index (χ1) is 15.3. The van der Waals surface area contributed by atoms with Crippen molar-refractivity contribution in [1.82, 2.24) is 20.0 Å². The molecule has 0 aliphatic carbocycles. The molecule has 174 valence electrons. The summed E-state index contributed by atoms with van der Waals surface area (Å²) >= 11 is 0. The van der Waals surface area contributed by atoms with Crippen LogP contribution in [0.4, 0.5) is 4.79 Å². The number of aryl methyl sites for hydroxylation is 1. The second-order valence-corrected chi connectivity index (χ2v) is 10.1. The highest BCUT2D eigenvalue weighted by Crippen LogP contribution is 2.29. The second kappa shape index (κ2) is 9.22. The lowest BCUT2D eigenvalue weighted by Crippen LogP contribution is -2.49. The van der Waals surface area contributed by atoms with Gasteiger partial charge in [-0.05, 0) is 70.0 Å². The maximum Gasteiger partial charge on any atom is 0.325 e. The smallest absolute Gasteiger partial charge is 0.325 e. The van der Waals surface area contributed by atoms with E-state index in [-0.39, 0.29) is 18.4 Å². The van der Waals surface area contributed by atoms with Crippen molar-refractivity contribution in [2.75, 3.05) is 39.3 Å². The summed E-state index contributed by atoms with van der Waals surface area (Å²) in [6.07, 6.45) is 4.61. The Labute approximate surface area is 191 Å². The molecule has 3 heterocycles.